The summed E-state index contributed by atoms with van der Waals surface area (Å²) in [4.78, 5) is 15.6. The number of nitrogens with two attached hydrogens (primary N) is 1. The molecule has 0 saturated carbocycles. The van der Waals surface area contributed by atoms with Gasteiger partial charge in [0.15, 0.2) is 11.7 Å². The molecule has 0 unspecified atom stereocenters. The Labute approximate surface area is 107 Å². The predicted octanol–water partition coefficient (Wildman–Crippen LogP) is 0.714. The minimum atomic E-state index is -0.233. The van der Waals surface area contributed by atoms with Crippen LogP contribution in [0.2, 0.25) is 0 Å². The molecule has 100 valence electrons. The Morgan fingerprint density at radius 3 is 2.89 bits per heavy atom. The molecule has 1 rings (SSSR count). The number of carbonyl (C=O) groups is 1. The van der Waals surface area contributed by atoms with Gasteiger partial charge in [0.05, 0.1) is 6.26 Å². The van der Waals surface area contributed by atoms with Gasteiger partial charge in [0.25, 0.3) is 5.91 Å². The molecule has 1 heterocycles. The Balaban J connectivity index is 2.11. The normalized spacial score (nSPS) is 11.3. The molecular formula is C12H20N4O2. The van der Waals surface area contributed by atoms with E-state index in [0.29, 0.717) is 24.8 Å². The molecule has 1 aromatic heterocycles. The van der Waals surface area contributed by atoms with Crippen molar-refractivity contribution in [2.45, 2.75) is 19.8 Å². The second-order valence-electron chi connectivity index (χ2n) is 3.78. The lowest BCUT2D eigenvalue weighted by Gasteiger charge is -2.06. The Hall–Kier alpha value is -1.98. The van der Waals surface area contributed by atoms with Crippen LogP contribution in [0.15, 0.2) is 27.8 Å². The molecule has 1 amide bonds. The molecule has 0 fully saturated rings. The van der Waals surface area contributed by atoms with E-state index in [9.17, 15) is 4.79 Å². The molecule has 6 heteroatoms. The van der Waals surface area contributed by atoms with Crippen molar-refractivity contribution in [3.63, 3.8) is 0 Å². The van der Waals surface area contributed by atoms with E-state index in [0.717, 1.165) is 19.4 Å². The number of hydrogen-bond acceptors (Lipinski definition) is 3. The third-order valence-corrected chi connectivity index (χ3v) is 2.26. The van der Waals surface area contributed by atoms with Crippen LogP contribution in [0.1, 0.15) is 30.3 Å². The van der Waals surface area contributed by atoms with Crippen molar-refractivity contribution >= 4 is 11.9 Å². The first-order valence-corrected chi connectivity index (χ1v) is 6.09. The van der Waals surface area contributed by atoms with E-state index in [2.05, 4.69) is 22.5 Å². The van der Waals surface area contributed by atoms with E-state index in [4.69, 9.17) is 10.2 Å². The van der Waals surface area contributed by atoms with Gasteiger partial charge in [0.1, 0.15) is 0 Å². The minimum Gasteiger partial charge on any atom is -0.459 e. The zero-order chi connectivity index (χ0) is 13.2. The summed E-state index contributed by atoms with van der Waals surface area (Å²) >= 11 is 0. The molecule has 0 aliphatic rings. The molecule has 0 aromatic carbocycles. The molecule has 0 bridgehead atoms. The fourth-order valence-corrected chi connectivity index (χ4v) is 1.27. The SMILES string of the molecule is CCCCN=C(N)NCCNC(=O)c1ccco1. The minimum absolute atomic E-state index is 0.233. The standard InChI is InChI=1S/C12H20N4O2/c1-2-3-6-15-12(13)16-8-7-14-11(17)10-5-4-9-18-10/h4-5,9H,2-3,6-8H2,1H3,(H,14,17)(H3,13,15,16). The number of rotatable bonds is 7. The average molecular weight is 252 g/mol. The monoisotopic (exact) mass is 252 g/mol. The molecule has 6 nitrogen and oxygen atoms in total. The molecule has 0 atom stereocenters. The largest absolute Gasteiger partial charge is 0.459 e. The lowest BCUT2D eigenvalue weighted by Crippen LogP contribution is -2.38. The van der Waals surface area contributed by atoms with Gasteiger partial charge < -0.3 is 20.8 Å². The third-order valence-electron chi connectivity index (χ3n) is 2.26. The van der Waals surface area contributed by atoms with Crippen molar-refractivity contribution in [3.05, 3.63) is 24.2 Å². The molecule has 0 spiro atoms. The van der Waals surface area contributed by atoms with E-state index in [1.54, 1.807) is 12.1 Å². The average Bonchev–Trinajstić information content (AvgIpc) is 2.88. The Morgan fingerprint density at radius 1 is 1.44 bits per heavy atom. The van der Waals surface area contributed by atoms with Gasteiger partial charge in [0.2, 0.25) is 0 Å². The number of carbonyl (C=O) groups excluding carboxylic acids is 1. The van der Waals surface area contributed by atoms with Gasteiger partial charge in [-0.05, 0) is 18.6 Å². The number of hydrogen-bond donors (Lipinski definition) is 3. The second-order valence-corrected chi connectivity index (χ2v) is 3.78. The first-order chi connectivity index (χ1) is 8.74. The molecule has 4 N–H and O–H groups in total. The number of guanidine groups is 1. The van der Waals surface area contributed by atoms with Crippen molar-refractivity contribution in [2.24, 2.45) is 10.7 Å². The zero-order valence-electron chi connectivity index (χ0n) is 10.6. The van der Waals surface area contributed by atoms with E-state index in [1.165, 1.54) is 6.26 Å². The summed E-state index contributed by atoms with van der Waals surface area (Å²) in [5, 5.41) is 5.63. The van der Waals surface area contributed by atoms with Crippen LogP contribution in [-0.2, 0) is 0 Å². The predicted molar refractivity (Wildman–Crippen MR) is 70.4 cm³/mol. The highest BCUT2D eigenvalue weighted by atomic mass is 16.3. The van der Waals surface area contributed by atoms with Crippen LogP contribution < -0.4 is 16.4 Å². The molecule has 0 aliphatic heterocycles. The first kappa shape index (κ1) is 14.1. The van der Waals surface area contributed by atoms with Gasteiger partial charge in [-0.3, -0.25) is 9.79 Å². The molecule has 1 aromatic rings. The summed E-state index contributed by atoms with van der Waals surface area (Å²) < 4.78 is 4.96. The van der Waals surface area contributed by atoms with E-state index in [-0.39, 0.29) is 5.91 Å². The first-order valence-electron chi connectivity index (χ1n) is 6.09. The highest BCUT2D eigenvalue weighted by Gasteiger charge is 2.06. The van der Waals surface area contributed by atoms with E-state index >= 15 is 0 Å². The highest BCUT2D eigenvalue weighted by molar-refractivity contribution is 5.91. The van der Waals surface area contributed by atoms with Crippen molar-refractivity contribution < 1.29 is 9.21 Å². The van der Waals surface area contributed by atoms with Crippen LogP contribution in [0.3, 0.4) is 0 Å². The zero-order valence-corrected chi connectivity index (χ0v) is 10.6. The van der Waals surface area contributed by atoms with Gasteiger partial charge in [-0.15, -0.1) is 0 Å². The van der Waals surface area contributed by atoms with Crippen LogP contribution in [0.25, 0.3) is 0 Å². The lowest BCUT2D eigenvalue weighted by molar-refractivity contribution is 0.0926. The second kappa shape index (κ2) is 8.16. The number of amides is 1. The quantitative estimate of drug-likeness (QED) is 0.378. The molecule has 18 heavy (non-hydrogen) atoms. The van der Waals surface area contributed by atoms with Crippen molar-refractivity contribution in [2.75, 3.05) is 19.6 Å². The maximum absolute atomic E-state index is 11.5. The lowest BCUT2D eigenvalue weighted by atomic mass is 10.3. The van der Waals surface area contributed by atoms with Crippen LogP contribution >= 0.6 is 0 Å². The summed E-state index contributed by atoms with van der Waals surface area (Å²) in [6, 6.07) is 3.29. The molecule has 0 saturated heterocycles. The number of nitrogens with zero attached hydrogens (tertiary/aromatic N) is 1. The Morgan fingerprint density at radius 2 is 2.22 bits per heavy atom. The number of furan rings is 1. The fraction of sp³-hybridized carbons (Fsp3) is 0.500. The summed E-state index contributed by atoms with van der Waals surface area (Å²) in [6.07, 6.45) is 3.58. The van der Waals surface area contributed by atoms with Crippen LogP contribution in [0, 0.1) is 0 Å². The third kappa shape index (κ3) is 5.38. The maximum atomic E-state index is 11.5. The van der Waals surface area contributed by atoms with Crippen LogP contribution in [-0.4, -0.2) is 31.5 Å². The Kier molecular flexibility index (Phi) is 6.38. The van der Waals surface area contributed by atoms with Gasteiger partial charge >= 0.3 is 0 Å². The van der Waals surface area contributed by atoms with Gasteiger partial charge in [-0.2, -0.15) is 0 Å². The van der Waals surface area contributed by atoms with E-state index < -0.39 is 0 Å². The fourth-order valence-electron chi connectivity index (χ4n) is 1.27. The number of aliphatic imine (C=N–C) groups is 1. The Bertz CT molecular complexity index is 373. The topological polar surface area (TPSA) is 92.6 Å². The van der Waals surface area contributed by atoms with Crippen molar-refractivity contribution in [3.8, 4) is 0 Å². The summed E-state index contributed by atoms with van der Waals surface area (Å²) in [5.74, 6) is 0.485. The number of unbranched alkanes of at least 4 members (excludes halogenated alkanes) is 1. The van der Waals surface area contributed by atoms with Crippen molar-refractivity contribution in [1.29, 1.82) is 0 Å². The molecule has 0 aliphatic carbocycles. The molecular weight excluding hydrogens is 232 g/mol. The van der Waals surface area contributed by atoms with Crippen LogP contribution in [0.4, 0.5) is 0 Å². The summed E-state index contributed by atoms with van der Waals surface area (Å²) in [5.41, 5.74) is 5.63. The summed E-state index contributed by atoms with van der Waals surface area (Å²) in [7, 11) is 0. The molecule has 0 radical (unpaired) electrons. The van der Waals surface area contributed by atoms with E-state index in [1.807, 2.05) is 0 Å². The van der Waals surface area contributed by atoms with Gasteiger partial charge in [-0.25, -0.2) is 0 Å². The summed E-state index contributed by atoms with van der Waals surface area (Å²) in [6.45, 7) is 3.83. The van der Waals surface area contributed by atoms with Gasteiger partial charge in [-0.1, -0.05) is 13.3 Å². The van der Waals surface area contributed by atoms with Crippen LogP contribution in [0.5, 0.6) is 0 Å². The maximum Gasteiger partial charge on any atom is 0.287 e. The van der Waals surface area contributed by atoms with Crippen molar-refractivity contribution in [1.82, 2.24) is 10.6 Å². The number of nitrogens with one attached hydrogen (secondary N) is 2. The highest BCUT2D eigenvalue weighted by Crippen LogP contribution is 1.98. The van der Waals surface area contributed by atoms with Gasteiger partial charge in [0, 0.05) is 19.6 Å². The smallest absolute Gasteiger partial charge is 0.287 e.